The molecule has 1 saturated heterocycles. The number of hydrogen-bond donors (Lipinski definition) is 0. The van der Waals surface area contributed by atoms with Gasteiger partial charge in [-0.2, -0.15) is 0 Å². The molecule has 0 aromatic heterocycles. The van der Waals surface area contributed by atoms with Gasteiger partial charge in [-0.15, -0.1) is 0 Å². The average molecular weight is 447 g/mol. The minimum absolute atomic E-state index is 0.0408. The van der Waals surface area contributed by atoms with Crippen LogP contribution in [0.15, 0.2) is 78.9 Å². The second-order valence-corrected chi connectivity index (χ2v) is 8.31. The number of benzene rings is 3. The van der Waals surface area contributed by atoms with Gasteiger partial charge >= 0.3 is 0 Å². The molecule has 1 atom stereocenters. The molecule has 0 spiro atoms. The molecule has 3 aromatic rings. The van der Waals surface area contributed by atoms with E-state index in [1.165, 1.54) is 9.80 Å². The first-order valence-corrected chi connectivity index (χ1v) is 10.9. The highest BCUT2D eigenvalue weighted by Gasteiger charge is 2.44. The van der Waals surface area contributed by atoms with E-state index in [0.29, 0.717) is 29.2 Å². The smallest absolute Gasteiger partial charge is 0.257 e. The van der Waals surface area contributed by atoms with Crippen LogP contribution in [0.25, 0.3) is 0 Å². The highest BCUT2D eigenvalue weighted by Crippen LogP contribution is 2.27. The SMILES string of the molecule is Cc1cccc(C(=O)N(CCc2cccc(Cl)c2)C2CC(=O)N(c3ccccc3)C2=O)c1. The molecule has 0 radical (unpaired) electrons. The van der Waals surface area contributed by atoms with Gasteiger partial charge in [-0.05, 0) is 55.3 Å². The van der Waals surface area contributed by atoms with Crippen molar-refractivity contribution in [2.24, 2.45) is 0 Å². The number of nitrogens with zero attached hydrogens (tertiary/aromatic N) is 2. The van der Waals surface area contributed by atoms with Crippen LogP contribution in [0.3, 0.4) is 0 Å². The van der Waals surface area contributed by atoms with Crippen LogP contribution in [-0.2, 0) is 16.0 Å². The topological polar surface area (TPSA) is 57.7 Å². The predicted molar refractivity (Wildman–Crippen MR) is 125 cm³/mol. The fourth-order valence-corrected chi connectivity index (χ4v) is 4.21. The van der Waals surface area contributed by atoms with Crippen molar-refractivity contribution in [3.8, 4) is 0 Å². The Morgan fingerprint density at radius 1 is 1.00 bits per heavy atom. The maximum absolute atomic E-state index is 13.5. The summed E-state index contributed by atoms with van der Waals surface area (Å²) in [6, 6.07) is 22.6. The van der Waals surface area contributed by atoms with E-state index >= 15 is 0 Å². The number of halogens is 1. The molecule has 162 valence electrons. The Balaban J connectivity index is 1.64. The van der Waals surface area contributed by atoms with Gasteiger partial charge in [0.2, 0.25) is 5.91 Å². The lowest BCUT2D eigenvalue weighted by Crippen LogP contribution is -2.46. The predicted octanol–water partition coefficient (Wildman–Crippen LogP) is 4.67. The minimum atomic E-state index is -0.852. The zero-order valence-electron chi connectivity index (χ0n) is 17.7. The maximum Gasteiger partial charge on any atom is 0.257 e. The van der Waals surface area contributed by atoms with E-state index in [4.69, 9.17) is 11.6 Å². The standard InChI is InChI=1S/C26H23ClN2O3/c1-18-7-5-9-20(15-18)25(31)28(14-13-19-8-6-10-21(27)16-19)23-17-24(30)29(26(23)32)22-11-3-2-4-12-22/h2-12,15-16,23H,13-14,17H2,1H3. The van der Waals surface area contributed by atoms with Crippen LogP contribution in [0, 0.1) is 6.92 Å². The summed E-state index contributed by atoms with van der Waals surface area (Å²) in [4.78, 5) is 42.3. The molecule has 1 aliphatic heterocycles. The average Bonchev–Trinajstić information content (AvgIpc) is 3.08. The van der Waals surface area contributed by atoms with Gasteiger partial charge in [0, 0.05) is 17.1 Å². The number of aryl methyl sites for hydroxylation is 1. The molecule has 3 amide bonds. The molecule has 0 N–H and O–H groups in total. The Labute approximate surface area is 192 Å². The van der Waals surface area contributed by atoms with Crippen molar-refractivity contribution in [1.29, 1.82) is 0 Å². The Kier molecular flexibility index (Phi) is 6.37. The highest BCUT2D eigenvalue weighted by atomic mass is 35.5. The number of carbonyl (C=O) groups is 3. The summed E-state index contributed by atoms with van der Waals surface area (Å²) in [5.41, 5.74) is 2.92. The molecule has 6 heteroatoms. The zero-order chi connectivity index (χ0) is 22.7. The van der Waals surface area contributed by atoms with Crippen LogP contribution < -0.4 is 4.90 Å². The van der Waals surface area contributed by atoms with Gasteiger partial charge in [-0.1, -0.05) is 59.6 Å². The molecule has 0 aliphatic carbocycles. The van der Waals surface area contributed by atoms with Crippen LogP contribution in [-0.4, -0.2) is 35.2 Å². The number of imide groups is 1. The highest BCUT2D eigenvalue weighted by molar-refractivity contribution is 6.30. The third-order valence-corrected chi connectivity index (χ3v) is 5.80. The van der Waals surface area contributed by atoms with E-state index in [1.807, 2.05) is 43.3 Å². The fraction of sp³-hybridized carbons (Fsp3) is 0.192. The summed E-state index contributed by atoms with van der Waals surface area (Å²) in [5.74, 6) is -0.957. The second kappa shape index (κ2) is 9.37. The summed E-state index contributed by atoms with van der Waals surface area (Å²) in [6.45, 7) is 2.20. The van der Waals surface area contributed by atoms with Crippen LogP contribution in [0.1, 0.15) is 27.9 Å². The van der Waals surface area contributed by atoms with Crippen LogP contribution >= 0.6 is 11.6 Å². The van der Waals surface area contributed by atoms with Crippen molar-refractivity contribution in [1.82, 2.24) is 4.90 Å². The molecule has 1 heterocycles. The Morgan fingerprint density at radius 3 is 2.47 bits per heavy atom. The molecular formula is C26H23ClN2O3. The number of amides is 3. The number of rotatable bonds is 6. The van der Waals surface area contributed by atoms with Crippen molar-refractivity contribution in [3.05, 3.63) is 101 Å². The van der Waals surface area contributed by atoms with Crippen molar-refractivity contribution in [3.63, 3.8) is 0 Å². The van der Waals surface area contributed by atoms with Crippen molar-refractivity contribution >= 4 is 35.0 Å². The van der Waals surface area contributed by atoms with Gasteiger partial charge < -0.3 is 4.90 Å². The summed E-state index contributed by atoms with van der Waals surface area (Å²) < 4.78 is 0. The summed E-state index contributed by atoms with van der Waals surface area (Å²) in [5, 5.41) is 0.612. The van der Waals surface area contributed by atoms with Crippen LogP contribution in [0.2, 0.25) is 5.02 Å². The normalized spacial score (nSPS) is 15.8. The van der Waals surface area contributed by atoms with Crippen LogP contribution in [0.4, 0.5) is 5.69 Å². The Morgan fingerprint density at radius 2 is 1.75 bits per heavy atom. The first kappa shape index (κ1) is 21.8. The van der Waals surface area contributed by atoms with E-state index in [0.717, 1.165) is 11.1 Å². The van der Waals surface area contributed by atoms with E-state index < -0.39 is 6.04 Å². The largest absolute Gasteiger partial charge is 0.326 e. The number of hydrogen-bond acceptors (Lipinski definition) is 3. The first-order valence-electron chi connectivity index (χ1n) is 10.5. The van der Waals surface area contributed by atoms with Gasteiger partial charge in [0.15, 0.2) is 0 Å². The number of para-hydroxylation sites is 1. The molecule has 0 saturated carbocycles. The van der Waals surface area contributed by atoms with Crippen LogP contribution in [0.5, 0.6) is 0 Å². The summed E-state index contributed by atoms with van der Waals surface area (Å²) in [7, 11) is 0. The molecule has 5 nitrogen and oxygen atoms in total. The first-order chi connectivity index (χ1) is 15.4. The lowest BCUT2D eigenvalue weighted by atomic mass is 10.1. The second-order valence-electron chi connectivity index (χ2n) is 7.87. The number of anilines is 1. The van der Waals surface area contributed by atoms with E-state index in [9.17, 15) is 14.4 Å². The molecule has 1 fully saturated rings. The van der Waals surface area contributed by atoms with Crippen molar-refractivity contribution in [2.45, 2.75) is 25.8 Å². The molecular weight excluding hydrogens is 424 g/mol. The molecule has 1 aliphatic rings. The van der Waals surface area contributed by atoms with Gasteiger partial charge in [-0.3, -0.25) is 14.4 Å². The Bertz CT molecular complexity index is 1160. The third kappa shape index (κ3) is 4.58. The maximum atomic E-state index is 13.5. The van der Waals surface area contributed by atoms with Gasteiger partial charge in [-0.25, -0.2) is 4.90 Å². The van der Waals surface area contributed by atoms with E-state index in [1.54, 1.807) is 42.5 Å². The Hall–Kier alpha value is -3.44. The van der Waals surface area contributed by atoms with E-state index in [2.05, 4.69) is 0 Å². The molecule has 4 rings (SSSR count). The number of carbonyl (C=O) groups excluding carboxylic acids is 3. The monoisotopic (exact) mass is 446 g/mol. The zero-order valence-corrected chi connectivity index (χ0v) is 18.5. The third-order valence-electron chi connectivity index (χ3n) is 5.57. The molecule has 0 bridgehead atoms. The quantitative estimate of drug-likeness (QED) is 0.517. The molecule has 1 unspecified atom stereocenters. The summed E-state index contributed by atoms with van der Waals surface area (Å²) in [6.07, 6.45) is 0.474. The van der Waals surface area contributed by atoms with Gasteiger partial charge in [0.25, 0.3) is 11.8 Å². The van der Waals surface area contributed by atoms with E-state index in [-0.39, 0.29) is 24.1 Å². The summed E-state index contributed by atoms with van der Waals surface area (Å²) >= 11 is 6.11. The lowest BCUT2D eigenvalue weighted by Gasteiger charge is -2.28. The van der Waals surface area contributed by atoms with Crippen molar-refractivity contribution in [2.75, 3.05) is 11.4 Å². The van der Waals surface area contributed by atoms with Crippen molar-refractivity contribution < 1.29 is 14.4 Å². The minimum Gasteiger partial charge on any atom is -0.326 e. The lowest BCUT2D eigenvalue weighted by molar-refractivity contribution is -0.122. The van der Waals surface area contributed by atoms with Gasteiger partial charge in [0.05, 0.1) is 12.1 Å². The van der Waals surface area contributed by atoms with Gasteiger partial charge in [0.1, 0.15) is 6.04 Å². The fourth-order valence-electron chi connectivity index (χ4n) is 3.99. The molecule has 32 heavy (non-hydrogen) atoms. The molecule has 3 aromatic carbocycles.